The van der Waals surface area contributed by atoms with Gasteiger partial charge in [0.1, 0.15) is 0 Å². The van der Waals surface area contributed by atoms with E-state index in [4.69, 9.17) is 23.2 Å². The van der Waals surface area contributed by atoms with E-state index in [-0.39, 0.29) is 5.41 Å². The second kappa shape index (κ2) is 7.19. The summed E-state index contributed by atoms with van der Waals surface area (Å²) in [4.78, 5) is 0. The third kappa shape index (κ3) is 3.99. The average molecular weight is 259 g/mol. The zero-order valence-electron chi connectivity index (χ0n) is 9.89. The molecule has 0 spiro atoms. The molecular weight excluding hydrogens is 239 g/mol. The van der Waals surface area contributed by atoms with Crippen LogP contribution in [0, 0.1) is 5.41 Å². The number of unbranched alkanes of at least 4 members (excludes halogenated alkanes) is 1. The van der Waals surface area contributed by atoms with E-state index in [1.807, 2.05) is 6.07 Å². The van der Waals surface area contributed by atoms with Crippen molar-refractivity contribution >= 4 is 23.2 Å². The molecule has 0 amide bonds. The van der Waals surface area contributed by atoms with E-state index >= 15 is 0 Å². The molecule has 0 aliphatic heterocycles. The fourth-order valence-electron chi connectivity index (χ4n) is 1.93. The number of alkyl halides is 2. The molecule has 0 bridgehead atoms. The zero-order chi connectivity index (χ0) is 11.9. The Hall–Kier alpha value is -0.200. The minimum absolute atomic E-state index is 0.0699. The molecule has 0 heterocycles. The van der Waals surface area contributed by atoms with Crippen molar-refractivity contribution in [3.05, 3.63) is 35.9 Å². The molecule has 2 heteroatoms. The largest absolute Gasteiger partial charge is 0.126 e. The van der Waals surface area contributed by atoms with Gasteiger partial charge in [-0.1, -0.05) is 50.1 Å². The first-order valence-electron chi connectivity index (χ1n) is 5.92. The lowest BCUT2D eigenvalue weighted by Crippen LogP contribution is -2.28. The molecule has 0 nitrogen and oxygen atoms in total. The van der Waals surface area contributed by atoms with Gasteiger partial charge in [0, 0.05) is 17.2 Å². The highest BCUT2D eigenvalue weighted by atomic mass is 35.5. The first kappa shape index (κ1) is 13.9. The Balaban J connectivity index is 2.70. The second-order valence-electron chi connectivity index (χ2n) is 4.53. The van der Waals surface area contributed by atoms with Crippen molar-refractivity contribution in [2.24, 2.45) is 5.41 Å². The highest BCUT2D eigenvalue weighted by molar-refractivity contribution is 6.21. The lowest BCUT2D eigenvalue weighted by molar-refractivity contribution is 0.333. The summed E-state index contributed by atoms with van der Waals surface area (Å²) in [7, 11) is 0. The Labute approximate surface area is 109 Å². The molecule has 0 saturated heterocycles. The van der Waals surface area contributed by atoms with E-state index in [1.54, 1.807) is 0 Å². The molecule has 90 valence electrons. The Morgan fingerprint density at radius 2 is 1.69 bits per heavy atom. The second-order valence-corrected chi connectivity index (χ2v) is 5.07. The van der Waals surface area contributed by atoms with Crippen molar-refractivity contribution < 1.29 is 0 Å². The van der Waals surface area contributed by atoms with Crippen LogP contribution in [0.25, 0.3) is 0 Å². The van der Waals surface area contributed by atoms with Crippen LogP contribution in [0.15, 0.2) is 30.3 Å². The van der Waals surface area contributed by atoms with Crippen molar-refractivity contribution in [2.75, 3.05) is 11.8 Å². The topological polar surface area (TPSA) is 0 Å². The molecular formula is C14H20Cl2. The van der Waals surface area contributed by atoms with Gasteiger partial charge in [-0.25, -0.2) is 0 Å². The molecule has 1 rings (SSSR count). The first-order chi connectivity index (χ1) is 7.76. The summed E-state index contributed by atoms with van der Waals surface area (Å²) in [6.07, 6.45) is 4.50. The van der Waals surface area contributed by atoms with Crippen molar-refractivity contribution in [3.63, 3.8) is 0 Å². The van der Waals surface area contributed by atoms with Crippen LogP contribution in [0.4, 0.5) is 0 Å². The fraction of sp³-hybridized carbons (Fsp3) is 0.571. The third-order valence-corrected chi connectivity index (χ3v) is 4.18. The summed E-state index contributed by atoms with van der Waals surface area (Å²) in [6.45, 7) is 2.20. The van der Waals surface area contributed by atoms with E-state index in [2.05, 4.69) is 31.2 Å². The minimum atomic E-state index is 0.0699. The van der Waals surface area contributed by atoms with Crippen molar-refractivity contribution in [1.29, 1.82) is 0 Å². The van der Waals surface area contributed by atoms with E-state index in [1.165, 1.54) is 18.4 Å². The summed E-state index contributed by atoms with van der Waals surface area (Å²) >= 11 is 12.3. The van der Waals surface area contributed by atoms with E-state index in [0.29, 0.717) is 11.8 Å². The minimum Gasteiger partial charge on any atom is -0.126 e. The van der Waals surface area contributed by atoms with Crippen LogP contribution in [0.3, 0.4) is 0 Å². The van der Waals surface area contributed by atoms with E-state index in [0.717, 1.165) is 12.8 Å². The summed E-state index contributed by atoms with van der Waals surface area (Å²) in [6, 6.07) is 10.5. The highest BCUT2D eigenvalue weighted by Gasteiger charge is 2.27. The average Bonchev–Trinajstić information content (AvgIpc) is 2.36. The van der Waals surface area contributed by atoms with Gasteiger partial charge in [-0.15, -0.1) is 23.2 Å². The van der Waals surface area contributed by atoms with Gasteiger partial charge in [0.05, 0.1) is 0 Å². The predicted octanol–water partition coefficient (Wildman–Crippen LogP) is 4.88. The van der Waals surface area contributed by atoms with Gasteiger partial charge in [-0.3, -0.25) is 0 Å². The summed E-state index contributed by atoms with van der Waals surface area (Å²) in [5, 5.41) is 0. The maximum Gasteiger partial charge on any atom is 0.0294 e. The Bertz CT molecular complexity index is 278. The van der Waals surface area contributed by atoms with E-state index < -0.39 is 0 Å². The smallest absolute Gasteiger partial charge is 0.0294 e. The fourth-order valence-corrected chi connectivity index (χ4v) is 2.67. The van der Waals surface area contributed by atoms with Crippen LogP contribution < -0.4 is 0 Å². The summed E-state index contributed by atoms with van der Waals surface area (Å²) in [5.74, 6) is 1.29. The number of rotatable bonds is 7. The van der Waals surface area contributed by atoms with Gasteiger partial charge in [0.25, 0.3) is 0 Å². The molecule has 0 fully saturated rings. The number of hydrogen-bond donors (Lipinski definition) is 0. The molecule has 1 aromatic carbocycles. The van der Waals surface area contributed by atoms with E-state index in [9.17, 15) is 0 Å². The lowest BCUT2D eigenvalue weighted by atomic mass is 9.81. The molecule has 16 heavy (non-hydrogen) atoms. The molecule has 0 aliphatic carbocycles. The van der Waals surface area contributed by atoms with Crippen LogP contribution in [0.2, 0.25) is 0 Å². The van der Waals surface area contributed by atoms with Gasteiger partial charge in [-0.05, 0) is 18.4 Å². The lowest BCUT2D eigenvalue weighted by Gasteiger charge is -2.29. The third-order valence-electron chi connectivity index (χ3n) is 3.05. The van der Waals surface area contributed by atoms with Crippen LogP contribution in [0.1, 0.15) is 31.7 Å². The number of benzene rings is 1. The molecule has 0 radical (unpaired) electrons. The van der Waals surface area contributed by atoms with Crippen LogP contribution >= 0.6 is 23.2 Å². The van der Waals surface area contributed by atoms with Crippen molar-refractivity contribution in [1.82, 2.24) is 0 Å². The molecule has 0 aliphatic rings. The normalized spacial score (nSPS) is 11.7. The SMILES string of the molecule is CCCCC(CCl)(CCl)Cc1ccccc1. The Morgan fingerprint density at radius 3 is 2.19 bits per heavy atom. The van der Waals surface area contributed by atoms with Crippen LogP contribution in [-0.4, -0.2) is 11.8 Å². The molecule has 0 saturated carbocycles. The monoisotopic (exact) mass is 258 g/mol. The van der Waals surface area contributed by atoms with Crippen molar-refractivity contribution in [2.45, 2.75) is 32.6 Å². The Kier molecular flexibility index (Phi) is 6.23. The van der Waals surface area contributed by atoms with Gasteiger partial charge in [-0.2, -0.15) is 0 Å². The summed E-state index contributed by atoms with van der Waals surface area (Å²) < 4.78 is 0. The zero-order valence-corrected chi connectivity index (χ0v) is 11.4. The van der Waals surface area contributed by atoms with Gasteiger partial charge in [0.15, 0.2) is 0 Å². The Morgan fingerprint density at radius 1 is 1.06 bits per heavy atom. The van der Waals surface area contributed by atoms with Gasteiger partial charge in [0.2, 0.25) is 0 Å². The molecule has 0 aromatic heterocycles. The van der Waals surface area contributed by atoms with Gasteiger partial charge < -0.3 is 0 Å². The quantitative estimate of drug-likeness (QED) is 0.612. The molecule has 1 aromatic rings. The maximum absolute atomic E-state index is 6.13. The van der Waals surface area contributed by atoms with Crippen molar-refractivity contribution in [3.8, 4) is 0 Å². The standard InChI is InChI=1S/C14H20Cl2/c1-2-3-9-14(11-15,12-16)10-13-7-5-4-6-8-13/h4-8H,2-3,9-12H2,1H3. The number of halogens is 2. The van der Waals surface area contributed by atoms with Crippen LogP contribution in [-0.2, 0) is 6.42 Å². The molecule has 0 N–H and O–H groups in total. The molecule has 0 unspecified atom stereocenters. The highest BCUT2D eigenvalue weighted by Crippen LogP contribution is 2.32. The maximum atomic E-state index is 6.13. The van der Waals surface area contributed by atoms with Crippen LogP contribution in [0.5, 0.6) is 0 Å². The number of hydrogen-bond acceptors (Lipinski definition) is 0. The first-order valence-corrected chi connectivity index (χ1v) is 6.99. The predicted molar refractivity (Wildman–Crippen MR) is 73.5 cm³/mol. The summed E-state index contributed by atoms with van der Waals surface area (Å²) in [5.41, 5.74) is 1.40. The van der Waals surface area contributed by atoms with Gasteiger partial charge >= 0.3 is 0 Å². The molecule has 0 atom stereocenters.